The van der Waals surface area contributed by atoms with Gasteiger partial charge in [0.1, 0.15) is 0 Å². The number of benzene rings is 2. The summed E-state index contributed by atoms with van der Waals surface area (Å²) in [6.07, 6.45) is -0.886. The average molecular weight is 357 g/mol. The van der Waals surface area contributed by atoms with Gasteiger partial charge in [0.15, 0.2) is 6.10 Å². The first kappa shape index (κ1) is 19.1. The number of hydrogen-bond donors (Lipinski definition) is 1. The lowest BCUT2D eigenvalue weighted by Gasteiger charge is -2.17. The van der Waals surface area contributed by atoms with E-state index in [0.717, 1.165) is 0 Å². The molecule has 7 nitrogen and oxygen atoms in total. The SMILES string of the molecule is COC(=O)c1ccc(C(=O)OC)c(NC(=O)[C@@H](OC)c2ccccc2)c1. The maximum Gasteiger partial charge on any atom is 0.339 e. The maximum atomic E-state index is 12.7. The van der Waals surface area contributed by atoms with Crippen molar-refractivity contribution in [3.63, 3.8) is 0 Å². The summed E-state index contributed by atoms with van der Waals surface area (Å²) in [5, 5.41) is 2.62. The van der Waals surface area contributed by atoms with Crippen LogP contribution >= 0.6 is 0 Å². The minimum atomic E-state index is -0.886. The van der Waals surface area contributed by atoms with Gasteiger partial charge in [-0.3, -0.25) is 4.79 Å². The Hall–Kier alpha value is -3.19. The molecule has 0 aliphatic rings. The molecule has 7 heteroatoms. The molecule has 0 radical (unpaired) electrons. The van der Waals surface area contributed by atoms with Gasteiger partial charge in [-0.05, 0) is 23.8 Å². The number of carbonyl (C=O) groups excluding carboxylic acids is 3. The van der Waals surface area contributed by atoms with Gasteiger partial charge in [-0.25, -0.2) is 9.59 Å². The topological polar surface area (TPSA) is 90.9 Å². The van der Waals surface area contributed by atoms with Crippen LogP contribution in [0, 0.1) is 0 Å². The number of methoxy groups -OCH3 is 3. The number of rotatable bonds is 6. The summed E-state index contributed by atoms with van der Waals surface area (Å²) in [7, 11) is 3.87. The molecule has 0 aliphatic carbocycles. The molecule has 0 spiro atoms. The molecule has 136 valence electrons. The van der Waals surface area contributed by atoms with Crippen molar-refractivity contribution >= 4 is 23.5 Å². The van der Waals surface area contributed by atoms with Crippen molar-refractivity contribution in [2.75, 3.05) is 26.6 Å². The number of amides is 1. The minimum absolute atomic E-state index is 0.108. The molecule has 2 aromatic rings. The van der Waals surface area contributed by atoms with E-state index in [-0.39, 0.29) is 16.8 Å². The van der Waals surface area contributed by atoms with Crippen LogP contribution in [0.25, 0.3) is 0 Å². The van der Waals surface area contributed by atoms with Crippen molar-refractivity contribution in [3.05, 3.63) is 65.2 Å². The van der Waals surface area contributed by atoms with Gasteiger partial charge < -0.3 is 19.5 Å². The molecule has 26 heavy (non-hydrogen) atoms. The first-order valence-corrected chi connectivity index (χ1v) is 7.71. The molecule has 0 saturated heterocycles. The fourth-order valence-electron chi connectivity index (χ4n) is 2.40. The molecule has 1 N–H and O–H groups in total. The van der Waals surface area contributed by atoms with Gasteiger partial charge in [0.2, 0.25) is 0 Å². The van der Waals surface area contributed by atoms with E-state index in [0.29, 0.717) is 5.56 Å². The molecule has 1 amide bonds. The zero-order chi connectivity index (χ0) is 19.1. The molecular weight excluding hydrogens is 338 g/mol. The smallest absolute Gasteiger partial charge is 0.339 e. The summed E-state index contributed by atoms with van der Waals surface area (Å²) in [6, 6.07) is 13.0. The fraction of sp³-hybridized carbons (Fsp3) is 0.211. The molecule has 0 fully saturated rings. The van der Waals surface area contributed by atoms with Gasteiger partial charge in [-0.1, -0.05) is 30.3 Å². The van der Waals surface area contributed by atoms with Gasteiger partial charge in [0, 0.05) is 7.11 Å². The Labute approximate surface area is 150 Å². The Morgan fingerprint density at radius 2 is 1.54 bits per heavy atom. The van der Waals surface area contributed by atoms with Crippen LogP contribution < -0.4 is 5.32 Å². The van der Waals surface area contributed by atoms with Crippen LogP contribution in [-0.2, 0) is 19.0 Å². The molecule has 2 rings (SSSR count). The number of carbonyl (C=O) groups is 3. The second-order valence-electron chi connectivity index (χ2n) is 5.26. The minimum Gasteiger partial charge on any atom is -0.465 e. The van der Waals surface area contributed by atoms with E-state index < -0.39 is 23.9 Å². The molecule has 1 atom stereocenters. The molecule has 0 unspecified atom stereocenters. The van der Waals surface area contributed by atoms with Crippen LogP contribution in [0.4, 0.5) is 5.69 Å². The van der Waals surface area contributed by atoms with Gasteiger partial charge in [0.25, 0.3) is 5.91 Å². The average Bonchev–Trinajstić information content (AvgIpc) is 2.68. The Balaban J connectivity index is 2.37. The zero-order valence-corrected chi connectivity index (χ0v) is 14.6. The van der Waals surface area contributed by atoms with E-state index in [9.17, 15) is 14.4 Å². The van der Waals surface area contributed by atoms with Gasteiger partial charge >= 0.3 is 11.9 Å². The van der Waals surface area contributed by atoms with Crippen molar-refractivity contribution in [1.29, 1.82) is 0 Å². The van der Waals surface area contributed by atoms with E-state index in [4.69, 9.17) is 9.47 Å². The van der Waals surface area contributed by atoms with Crippen molar-refractivity contribution in [2.24, 2.45) is 0 Å². The number of anilines is 1. The summed E-state index contributed by atoms with van der Waals surface area (Å²) >= 11 is 0. The fourth-order valence-corrected chi connectivity index (χ4v) is 2.40. The summed E-state index contributed by atoms with van der Waals surface area (Å²) in [4.78, 5) is 36.3. The van der Waals surface area contributed by atoms with E-state index in [2.05, 4.69) is 10.1 Å². The monoisotopic (exact) mass is 357 g/mol. The third-order valence-electron chi connectivity index (χ3n) is 3.68. The lowest BCUT2D eigenvalue weighted by Crippen LogP contribution is -2.24. The predicted molar refractivity (Wildman–Crippen MR) is 93.9 cm³/mol. The third kappa shape index (κ3) is 4.25. The molecule has 2 aromatic carbocycles. The maximum absolute atomic E-state index is 12.7. The Bertz CT molecular complexity index is 803. The number of nitrogens with one attached hydrogen (secondary N) is 1. The highest BCUT2D eigenvalue weighted by molar-refractivity contribution is 6.04. The molecule has 0 bridgehead atoms. The van der Waals surface area contributed by atoms with Crippen LogP contribution in [0.2, 0.25) is 0 Å². The quantitative estimate of drug-likeness (QED) is 0.799. The largest absolute Gasteiger partial charge is 0.465 e. The summed E-state index contributed by atoms with van der Waals surface area (Å²) in [6.45, 7) is 0. The number of ether oxygens (including phenoxy) is 3. The van der Waals surface area contributed by atoms with E-state index in [1.807, 2.05) is 6.07 Å². The van der Waals surface area contributed by atoms with E-state index in [1.165, 1.54) is 39.5 Å². The van der Waals surface area contributed by atoms with Crippen LogP contribution in [0.5, 0.6) is 0 Å². The molecule has 0 heterocycles. The van der Waals surface area contributed by atoms with Gasteiger partial charge in [0.05, 0.1) is 31.0 Å². The van der Waals surface area contributed by atoms with Gasteiger partial charge in [-0.15, -0.1) is 0 Å². The normalized spacial score (nSPS) is 11.3. The highest BCUT2D eigenvalue weighted by atomic mass is 16.5. The molecule has 0 aromatic heterocycles. The van der Waals surface area contributed by atoms with E-state index in [1.54, 1.807) is 24.3 Å². The number of esters is 2. The lowest BCUT2D eigenvalue weighted by atomic mass is 10.1. The zero-order valence-electron chi connectivity index (χ0n) is 14.6. The predicted octanol–water partition coefficient (Wildman–Crippen LogP) is 2.59. The van der Waals surface area contributed by atoms with Crippen molar-refractivity contribution in [1.82, 2.24) is 0 Å². The van der Waals surface area contributed by atoms with Gasteiger partial charge in [-0.2, -0.15) is 0 Å². The highest BCUT2D eigenvalue weighted by Gasteiger charge is 2.23. The third-order valence-corrected chi connectivity index (χ3v) is 3.68. The Kier molecular flexibility index (Phi) is 6.46. The second kappa shape index (κ2) is 8.77. The Morgan fingerprint density at radius 3 is 2.12 bits per heavy atom. The first-order valence-electron chi connectivity index (χ1n) is 7.71. The highest BCUT2D eigenvalue weighted by Crippen LogP contribution is 2.23. The first-order chi connectivity index (χ1) is 12.5. The molecule has 0 aliphatic heterocycles. The van der Waals surface area contributed by atoms with Crippen LogP contribution in [0.1, 0.15) is 32.4 Å². The lowest BCUT2D eigenvalue weighted by molar-refractivity contribution is -0.126. The summed E-state index contributed by atoms with van der Waals surface area (Å²) in [5.41, 5.74) is 1.07. The second-order valence-corrected chi connectivity index (χ2v) is 5.26. The van der Waals surface area contributed by atoms with Crippen LogP contribution in [0.15, 0.2) is 48.5 Å². The Morgan fingerprint density at radius 1 is 0.885 bits per heavy atom. The van der Waals surface area contributed by atoms with Crippen LogP contribution in [-0.4, -0.2) is 39.2 Å². The molecular formula is C19H19NO6. The summed E-state index contributed by atoms with van der Waals surface area (Å²) < 4.78 is 14.7. The van der Waals surface area contributed by atoms with Crippen molar-refractivity contribution in [2.45, 2.75) is 6.10 Å². The van der Waals surface area contributed by atoms with E-state index >= 15 is 0 Å². The van der Waals surface area contributed by atoms with Crippen molar-refractivity contribution in [3.8, 4) is 0 Å². The number of hydrogen-bond acceptors (Lipinski definition) is 6. The van der Waals surface area contributed by atoms with Crippen molar-refractivity contribution < 1.29 is 28.6 Å². The standard InChI is InChI=1S/C19H19NO6/c1-24-16(12-7-5-4-6-8-12)17(21)20-15-11-13(18(22)25-2)9-10-14(15)19(23)26-3/h4-11,16H,1-3H3,(H,20,21)/t16-/m0/s1. The van der Waals surface area contributed by atoms with Crippen LogP contribution in [0.3, 0.4) is 0 Å². The molecule has 0 saturated carbocycles. The summed E-state index contributed by atoms with van der Waals surface area (Å²) in [5.74, 6) is -1.74.